The number of amides is 1. The summed E-state index contributed by atoms with van der Waals surface area (Å²) < 4.78 is 0. The molecule has 0 fully saturated rings. The third kappa shape index (κ3) is 5.94. The molecule has 0 radical (unpaired) electrons. The fourth-order valence-electron chi connectivity index (χ4n) is 1.97. The van der Waals surface area contributed by atoms with E-state index in [4.69, 9.17) is 23.2 Å². The third-order valence-corrected chi connectivity index (χ3v) is 3.44. The predicted molar refractivity (Wildman–Crippen MR) is 84.0 cm³/mol. The average Bonchev–Trinajstić information content (AvgIpc) is 2.32. The van der Waals surface area contributed by atoms with Gasteiger partial charge in [0.25, 0.3) is 5.91 Å². The van der Waals surface area contributed by atoms with Gasteiger partial charge < -0.3 is 10.4 Å². The van der Waals surface area contributed by atoms with E-state index in [9.17, 15) is 14.7 Å². The Hall–Kier alpha value is -1.26. The Balaban J connectivity index is 2.71. The first kappa shape index (κ1) is 17.8. The summed E-state index contributed by atoms with van der Waals surface area (Å²) in [4.78, 5) is 23.3. The highest BCUT2D eigenvalue weighted by Crippen LogP contribution is 2.25. The maximum atomic E-state index is 12.0. The number of carbonyl (C=O) groups excluding carboxylic acids is 1. The van der Waals surface area contributed by atoms with E-state index in [0.29, 0.717) is 11.4 Å². The van der Waals surface area contributed by atoms with Crippen molar-refractivity contribution in [3.8, 4) is 0 Å². The molecule has 0 aliphatic rings. The number of nitrogens with one attached hydrogen (secondary N) is 1. The van der Waals surface area contributed by atoms with Crippen molar-refractivity contribution in [2.45, 2.75) is 27.2 Å². The molecule has 6 heteroatoms. The molecule has 1 aromatic carbocycles. The van der Waals surface area contributed by atoms with E-state index in [2.05, 4.69) is 5.32 Å². The zero-order chi connectivity index (χ0) is 16.2. The maximum Gasteiger partial charge on any atom is 0.308 e. The molecule has 116 valence electrons. The van der Waals surface area contributed by atoms with Gasteiger partial charge in [-0.15, -0.1) is 0 Å². The summed E-state index contributed by atoms with van der Waals surface area (Å²) >= 11 is 11.7. The Morgan fingerprint density at radius 2 is 1.90 bits per heavy atom. The first-order chi connectivity index (χ1) is 9.60. The highest BCUT2D eigenvalue weighted by Gasteiger charge is 2.25. The van der Waals surface area contributed by atoms with Crippen LogP contribution in [-0.4, -0.2) is 23.5 Å². The third-order valence-electron chi connectivity index (χ3n) is 2.89. The second-order valence-corrected chi connectivity index (χ2v) is 6.98. The zero-order valence-corrected chi connectivity index (χ0v) is 13.8. The Morgan fingerprint density at radius 1 is 1.29 bits per heavy atom. The van der Waals surface area contributed by atoms with Crippen LogP contribution < -0.4 is 5.32 Å². The van der Waals surface area contributed by atoms with Crippen LogP contribution in [0.15, 0.2) is 18.2 Å². The van der Waals surface area contributed by atoms with Gasteiger partial charge in [-0.05, 0) is 30.0 Å². The lowest BCUT2D eigenvalue weighted by atomic mass is 9.84. The van der Waals surface area contributed by atoms with Crippen LogP contribution in [0.5, 0.6) is 0 Å². The summed E-state index contributed by atoms with van der Waals surface area (Å²) in [5.41, 5.74) is 0.145. The van der Waals surface area contributed by atoms with Crippen molar-refractivity contribution in [3.05, 3.63) is 33.8 Å². The number of carboxylic acids is 1. The first-order valence-electron chi connectivity index (χ1n) is 6.56. The number of hydrogen-bond acceptors (Lipinski definition) is 2. The van der Waals surface area contributed by atoms with Crippen LogP contribution in [-0.2, 0) is 4.79 Å². The van der Waals surface area contributed by atoms with Crippen molar-refractivity contribution in [3.63, 3.8) is 0 Å². The van der Waals surface area contributed by atoms with Crippen molar-refractivity contribution in [2.24, 2.45) is 11.3 Å². The molecule has 1 unspecified atom stereocenters. The van der Waals surface area contributed by atoms with Gasteiger partial charge in [-0.3, -0.25) is 9.59 Å². The lowest BCUT2D eigenvalue weighted by molar-refractivity contribution is -0.142. The molecule has 0 spiro atoms. The van der Waals surface area contributed by atoms with Crippen molar-refractivity contribution in [1.29, 1.82) is 0 Å². The first-order valence-corrected chi connectivity index (χ1v) is 7.32. The largest absolute Gasteiger partial charge is 0.481 e. The lowest BCUT2D eigenvalue weighted by Gasteiger charge is -2.23. The van der Waals surface area contributed by atoms with E-state index >= 15 is 0 Å². The highest BCUT2D eigenvalue weighted by atomic mass is 35.5. The minimum absolute atomic E-state index is 0.0599. The van der Waals surface area contributed by atoms with Crippen LogP contribution in [0.3, 0.4) is 0 Å². The van der Waals surface area contributed by atoms with Gasteiger partial charge in [-0.1, -0.05) is 44.0 Å². The second-order valence-electron chi connectivity index (χ2n) is 6.13. The summed E-state index contributed by atoms with van der Waals surface area (Å²) in [5, 5.41) is 12.5. The van der Waals surface area contributed by atoms with Crippen LogP contribution in [0.25, 0.3) is 0 Å². The van der Waals surface area contributed by atoms with Gasteiger partial charge in [-0.25, -0.2) is 0 Å². The van der Waals surface area contributed by atoms with Gasteiger partial charge in [0.15, 0.2) is 0 Å². The normalized spacial score (nSPS) is 12.8. The molecule has 4 nitrogen and oxygen atoms in total. The molecule has 0 aromatic heterocycles. The topological polar surface area (TPSA) is 66.4 Å². The molecule has 0 saturated carbocycles. The summed E-state index contributed by atoms with van der Waals surface area (Å²) in [5.74, 6) is -1.97. The molecule has 1 aromatic rings. The molecule has 0 heterocycles. The average molecular weight is 332 g/mol. The molecular weight excluding hydrogens is 313 g/mol. The van der Waals surface area contributed by atoms with Crippen LogP contribution in [0.4, 0.5) is 0 Å². The molecule has 1 atom stereocenters. The van der Waals surface area contributed by atoms with Crippen LogP contribution >= 0.6 is 23.2 Å². The molecule has 0 saturated heterocycles. The van der Waals surface area contributed by atoms with Gasteiger partial charge >= 0.3 is 5.97 Å². The van der Waals surface area contributed by atoms with Crippen LogP contribution in [0.2, 0.25) is 10.0 Å². The summed E-state index contributed by atoms with van der Waals surface area (Å²) in [6.45, 7) is 5.94. The smallest absolute Gasteiger partial charge is 0.308 e. The predicted octanol–water partition coefficient (Wildman–Crippen LogP) is 3.86. The number of carboxylic acid groups (broad SMARTS) is 1. The maximum absolute atomic E-state index is 12.0. The van der Waals surface area contributed by atoms with E-state index in [1.165, 1.54) is 12.1 Å². The molecular formula is C15H19Cl2NO3. The quantitative estimate of drug-likeness (QED) is 0.860. The van der Waals surface area contributed by atoms with Gasteiger partial charge in [-0.2, -0.15) is 0 Å². The van der Waals surface area contributed by atoms with E-state index in [-0.39, 0.29) is 22.5 Å². The summed E-state index contributed by atoms with van der Waals surface area (Å²) in [6, 6.07) is 4.55. The summed E-state index contributed by atoms with van der Waals surface area (Å²) in [7, 11) is 0. The number of rotatable bonds is 5. The SMILES string of the molecule is CC(C)(C)CC(CNC(=O)c1ccc(Cl)cc1Cl)C(=O)O. The summed E-state index contributed by atoms with van der Waals surface area (Å²) in [6.07, 6.45) is 0.469. The van der Waals surface area contributed by atoms with Gasteiger partial charge in [0, 0.05) is 11.6 Å². The van der Waals surface area contributed by atoms with E-state index in [0.717, 1.165) is 0 Å². The molecule has 0 bridgehead atoms. The highest BCUT2D eigenvalue weighted by molar-refractivity contribution is 6.36. The number of benzene rings is 1. The second kappa shape index (κ2) is 7.14. The van der Waals surface area contributed by atoms with Gasteiger partial charge in [0.05, 0.1) is 16.5 Å². The Morgan fingerprint density at radius 3 is 2.38 bits per heavy atom. The van der Waals surface area contributed by atoms with Crippen LogP contribution in [0.1, 0.15) is 37.6 Å². The van der Waals surface area contributed by atoms with Crippen molar-refractivity contribution in [2.75, 3.05) is 6.54 Å². The minimum atomic E-state index is -0.924. The molecule has 21 heavy (non-hydrogen) atoms. The molecule has 1 rings (SSSR count). The molecule has 1 amide bonds. The fourth-order valence-corrected chi connectivity index (χ4v) is 2.47. The van der Waals surface area contributed by atoms with Crippen molar-refractivity contribution >= 4 is 35.1 Å². The van der Waals surface area contributed by atoms with E-state index in [1.54, 1.807) is 6.07 Å². The number of hydrogen-bond donors (Lipinski definition) is 2. The minimum Gasteiger partial charge on any atom is -0.481 e. The Bertz CT molecular complexity index is 538. The van der Waals surface area contributed by atoms with Gasteiger partial charge in [0.2, 0.25) is 0 Å². The number of carbonyl (C=O) groups is 2. The fraction of sp³-hybridized carbons (Fsp3) is 0.467. The standard InChI is InChI=1S/C15H19Cl2NO3/c1-15(2,3)7-9(14(20)21)8-18-13(19)11-5-4-10(16)6-12(11)17/h4-6,9H,7-8H2,1-3H3,(H,18,19)(H,20,21). The molecule has 0 aliphatic carbocycles. The zero-order valence-electron chi connectivity index (χ0n) is 12.2. The van der Waals surface area contributed by atoms with Crippen molar-refractivity contribution < 1.29 is 14.7 Å². The van der Waals surface area contributed by atoms with Crippen molar-refractivity contribution in [1.82, 2.24) is 5.32 Å². The Kier molecular flexibility index (Phi) is 6.05. The van der Waals surface area contributed by atoms with Crippen LogP contribution in [0, 0.1) is 11.3 Å². The van der Waals surface area contributed by atoms with E-state index in [1.807, 2.05) is 20.8 Å². The lowest BCUT2D eigenvalue weighted by Crippen LogP contribution is -2.35. The monoisotopic (exact) mass is 331 g/mol. The number of halogens is 2. The molecule has 0 aliphatic heterocycles. The van der Waals surface area contributed by atoms with Gasteiger partial charge in [0.1, 0.15) is 0 Å². The Labute approximate surface area is 134 Å². The van der Waals surface area contributed by atoms with E-state index < -0.39 is 17.8 Å². The number of aliphatic carboxylic acids is 1. The molecule has 2 N–H and O–H groups in total.